The maximum Gasteiger partial charge on any atom is 0.224 e. The number of H-pyrrole nitrogens is 1. The van der Waals surface area contributed by atoms with E-state index in [1.807, 2.05) is 12.1 Å². The number of benzene rings is 2. The van der Waals surface area contributed by atoms with Crippen LogP contribution in [0.1, 0.15) is 54.9 Å². The molecule has 1 heterocycles. The number of amides is 1. The summed E-state index contributed by atoms with van der Waals surface area (Å²) in [5.41, 5.74) is 4.39. The molecule has 3 aromatic rings. The number of nitrogens with zero attached hydrogens (tertiary/aromatic N) is 1. The summed E-state index contributed by atoms with van der Waals surface area (Å²) in [6.45, 7) is 5.73. The minimum absolute atomic E-state index is 0.0118. The smallest absolute Gasteiger partial charge is 0.224 e. The van der Waals surface area contributed by atoms with Crippen molar-refractivity contribution in [3.63, 3.8) is 0 Å². The lowest BCUT2D eigenvalue weighted by molar-refractivity contribution is -0.116. The molecule has 3 rings (SSSR count). The van der Waals surface area contributed by atoms with Crippen LogP contribution >= 0.6 is 0 Å². The van der Waals surface area contributed by atoms with Gasteiger partial charge in [0.15, 0.2) is 5.78 Å². The summed E-state index contributed by atoms with van der Waals surface area (Å²) in [4.78, 5) is 31.3. The largest absolute Gasteiger partial charge is 0.342 e. The normalized spacial score (nSPS) is 11.1. The van der Waals surface area contributed by atoms with Gasteiger partial charge in [0.2, 0.25) is 5.91 Å². The van der Waals surface area contributed by atoms with Crippen LogP contribution in [-0.4, -0.2) is 21.7 Å². The minimum Gasteiger partial charge on any atom is -0.342 e. The number of anilines is 1. The molecule has 0 aliphatic carbocycles. The van der Waals surface area contributed by atoms with Gasteiger partial charge >= 0.3 is 0 Å². The fourth-order valence-electron chi connectivity index (χ4n) is 2.78. The summed E-state index contributed by atoms with van der Waals surface area (Å²) in [5, 5.41) is 2.86. The second kappa shape index (κ2) is 7.52. The van der Waals surface area contributed by atoms with E-state index in [0.29, 0.717) is 30.0 Å². The maximum atomic E-state index is 12.2. The van der Waals surface area contributed by atoms with E-state index in [-0.39, 0.29) is 11.7 Å². The number of carbonyl (C=O) groups is 2. The molecule has 0 spiro atoms. The Hall–Kier alpha value is -2.95. The first-order valence-corrected chi connectivity index (χ1v) is 8.82. The van der Waals surface area contributed by atoms with Gasteiger partial charge in [-0.3, -0.25) is 9.59 Å². The third-order valence-corrected chi connectivity index (χ3v) is 4.33. The lowest BCUT2D eigenvalue weighted by Crippen LogP contribution is -2.12. The Morgan fingerprint density at radius 2 is 1.85 bits per heavy atom. The van der Waals surface area contributed by atoms with Crippen molar-refractivity contribution >= 4 is 28.4 Å². The molecule has 2 N–H and O–H groups in total. The highest BCUT2D eigenvalue weighted by Crippen LogP contribution is 2.19. The number of Topliss-reactive ketones (excluding diaryl/α,β-unsaturated/α-hetero) is 1. The van der Waals surface area contributed by atoms with Gasteiger partial charge in [-0.2, -0.15) is 0 Å². The van der Waals surface area contributed by atoms with Gasteiger partial charge in [-0.1, -0.05) is 19.9 Å². The zero-order valence-electron chi connectivity index (χ0n) is 15.3. The summed E-state index contributed by atoms with van der Waals surface area (Å²) >= 11 is 0. The fraction of sp³-hybridized carbons (Fsp3) is 0.286. The molecule has 0 aliphatic rings. The van der Waals surface area contributed by atoms with Crippen molar-refractivity contribution in [3.8, 4) is 0 Å². The maximum absolute atomic E-state index is 12.2. The highest BCUT2D eigenvalue weighted by Gasteiger charge is 2.08. The first-order valence-electron chi connectivity index (χ1n) is 8.82. The predicted molar refractivity (Wildman–Crippen MR) is 104 cm³/mol. The number of rotatable bonds is 6. The average Bonchev–Trinajstić information content (AvgIpc) is 3.04. The van der Waals surface area contributed by atoms with Gasteiger partial charge in [0.25, 0.3) is 0 Å². The molecule has 1 amide bonds. The summed E-state index contributed by atoms with van der Waals surface area (Å²) in [6, 6.07) is 13.0. The third kappa shape index (κ3) is 4.17. The molecule has 0 bridgehead atoms. The lowest BCUT2D eigenvalue weighted by atomic mass is 10.1. The van der Waals surface area contributed by atoms with Crippen LogP contribution in [0.5, 0.6) is 0 Å². The number of carbonyl (C=O) groups excluding carboxylic acids is 2. The Labute approximate surface area is 152 Å². The molecule has 26 heavy (non-hydrogen) atoms. The van der Waals surface area contributed by atoms with E-state index in [1.54, 1.807) is 24.3 Å². The van der Waals surface area contributed by atoms with E-state index >= 15 is 0 Å². The first-order chi connectivity index (χ1) is 12.4. The van der Waals surface area contributed by atoms with Gasteiger partial charge in [0.1, 0.15) is 5.82 Å². The molecule has 2 aromatic carbocycles. The van der Waals surface area contributed by atoms with Crippen molar-refractivity contribution in [3.05, 3.63) is 59.4 Å². The number of ketones is 1. The summed E-state index contributed by atoms with van der Waals surface area (Å²) in [7, 11) is 0. The van der Waals surface area contributed by atoms with Crippen LogP contribution in [0.2, 0.25) is 0 Å². The molecule has 0 atom stereocenters. The standard InChI is InChI=1S/C21H23N3O2/c1-13(2)21-23-18-10-4-15(12-19(18)24-21)5-11-20(26)22-17-8-6-16(7-9-17)14(3)25/h4,6-10,12-13H,5,11H2,1-3H3,(H,22,26)(H,23,24). The fourth-order valence-corrected chi connectivity index (χ4v) is 2.78. The number of fused-ring (bicyclic) bond motifs is 1. The quantitative estimate of drug-likeness (QED) is 0.645. The van der Waals surface area contributed by atoms with E-state index in [9.17, 15) is 9.59 Å². The zero-order valence-corrected chi connectivity index (χ0v) is 15.3. The molecule has 0 saturated heterocycles. The highest BCUT2D eigenvalue weighted by atomic mass is 16.1. The molecule has 134 valence electrons. The van der Waals surface area contributed by atoms with Crippen molar-refractivity contribution in [2.24, 2.45) is 0 Å². The number of hydrogen-bond acceptors (Lipinski definition) is 3. The topological polar surface area (TPSA) is 74.8 Å². The molecule has 0 fully saturated rings. The average molecular weight is 349 g/mol. The van der Waals surface area contributed by atoms with Crippen molar-refractivity contribution in [2.45, 2.75) is 39.5 Å². The van der Waals surface area contributed by atoms with Crippen LogP contribution in [0.3, 0.4) is 0 Å². The van der Waals surface area contributed by atoms with Crippen molar-refractivity contribution in [1.82, 2.24) is 9.97 Å². The third-order valence-electron chi connectivity index (χ3n) is 4.33. The second-order valence-corrected chi connectivity index (χ2v) is 6.81. The van der Waals surface area contributed by atoms with Gasteiger partial charge < -0.3 is 10.3 Å². The summed E-state index contributed by atoms with van der Waals surface area (Å²) in [6.07, 6.45) is 1.05. The molecule has 0 aliphatic heterocycles. The van der Waals surface area contributed by atoms with Gasteiger partial charge in [0, 0.05) is 23.6 Å². The minimum atomic E-state index is -0.0480. The van der Waals surface area contributed by atoms with Crippen molar-refractivity contribution in [2.75, 3.05) is 5.32 Å². The molecular formula is C21H23N3O2. The monoisotopic (exact) mass is 349 g/mol. The number of aryl methyl sites for hydroxylation is 1. The molecular weight excluding hydrogens is 326 g/mol. The number of hydrogen-bond donors (Lipinski definition) is 2. The summed E-state index contributed by atoms with van der Waals surface area (Å²) < 4.78 is 0. The molecule has 5 nitrogen and oxygen atoms in total. The number of aromatic amines is 1. The van der Waals surface area contributed by atoms with Crippen LogP contribution in [-0.2, 0) is 11.2 Å². The lowest BCUT2D eigenvalue weighted by Gasteiger charge is -2.06. The SMILES string of the molecule is CC(=O)c1ccc(NC(=O)CCc2ccc3nc(C(C)C)[nH]c3c2)cc1. The van der Waals surface area contributed by atoms with Crippen molar-refractivity contribution < 1.29 is 9.59 Å². The van der Waals surface area contributed by atoms with E-state index < -0.39 is 0 Å². The Morgan fingerprint density at radius 3 is 2.50 bits per heavy atom. The molecule has 0 unspecified atom stereocenters. The first kappa shape index (κ1) is 17.9. The van der Waals surface area contributed by atoms with Crippen LogP contribution in [0, 0.1) is 0 Å². The molecule has 1 aromatic heterocycles. The summed E-state index contributed by atoms with van der Waals surface area (Å²) in [5.74, 6) is 1.29. The van der Waals surface area contributed by atoms with E-state index in [1.165, 1.54) is 6.92 Å². The van der Waals surface area contributed by atoms with Gasteiger partial charge in [-0.25, -0.2) is 4.98 Å². The Bertz CT molecular complexity index is 940. The van der Waals surface area contributed by atoms with E-state index in [2.05, 4.69) is 35.2 Å². The van der Waals surface area contributed by atoms with Crippen LogP contribution in [0.25, 0.3) is 11.0 Å². The van der Waals surface area contributed by atoms with Crippen LogP contribution in [0.4, 0.5) is 5.69 Å². The second-order valence-electron chi connectivity index (χ2n) is 6.81. The van der Waals surface area contributed by atoms with E-state index in [0.717, 1.165) is 22.4 Å². The number of nitrogens with one attached hydrogen (secondary N) is 2. The molecule has 0 saturated carbocycles. The Morgan fingerprint density at radius 1 is 1.12 bits per heavy atom. The zero-order chi connectivity index (χ0) is 18.7. The molecule has 0 radical (unpaired) electrons. The predicted octanol–water partition coefficient (Wildman–Crippen LogP) is 4.46. The van der Waals surface area contributed by atoms with Gasteiger partial charge in [-0.05, 0) is 55.3 Å². The van der Waals surface area contributed by atoms with Crippen LogP contribution < -0.4 is 5.32 Å². The van der Waals surface area contributed by atoms with Gasteiger partial charge in [-0.15, -0.1) is 0 Å². The molecule has 5 heteroatoms. The van der Waals surface area contributed by atoms with Crippen molar-refractivity contribution in [1.29, 1.82) is 0 Å². The number of aromatic nitrogens is 2. The number of imidazole rings is 1. The van der Waals surface area contributed by atoms with Crippen LogP contribution in [0.15, 0.2) is 42.5 Å². The van der Waals surface area contributed by atoms with Gasteiger partial charge in [0.05, 0.1) is 11.0 Å². The van der Waals surface area contributed by atoms with E-state index in [4.69, 9.17) is 0 Å². The Kier molecular flexibility index (Phi) is 5.16. The highest BCUT2D eigenvalue weighted by molar-refractivity contribution is 5.95. The Balaban J connectivity index is 1.60.